The van der Waals surface area contributed by atoms with Crippen LogP contribution < -0.4 is 0 Å². The number of carbonyl (C=O) groups excluding carboxylic acids is 2. The van der Waals surface area contributed by atoms with Gasteiger partial charge in [0, 0.05) is 12.8 Å². The Morgan fingerprint density at radius 2 is 0.704 bits per heavy atom. The summed E-state index contributed by atoms with van der Waals surface area (Å²) in [6, 6.07) is 0. The first-order valence-electron chi connectivity index (χ1n) is 31.7. The lowest BCUT2D eigenvalue weighted by molar-refractivity contribution is -0.870. The van der Waals surface area contributed by atoms with Gasteiger partial charge >= 0.3 is 19.8 Å². The fraction of sp³-hybridized carbons (Fsp3) is 0.606. The van der Waals surface area contributed by atoms with Gasteiger partial charge in [-0.15, -0.1) is 0 Å². The summed E-state index contributed by atoms with van der Waals surface area (Å²) >= 11 is 0. The van der Waals surface area contributed by atoms with E-state index in [2.05, 4.69) is 172 Å². The van der Waals surface area contributed by atoms with E-state index in [9.17, 15) is 19.0 Å². The summed E-state index contributed by atoms with van der Waals surface area (Å²) in [6.07, 6.45) is 90.5. The van der Waals surface area contributed by atoms with Gasteiger partial charge in [0.05, 0.1) is 27.7 Å². The van der Waals surface area contributed by atoms with Gasteiger partial charge in [-0.25, -0.2) is 4.57 Å². The lowest BCUT2D eigenvalue weighted by Crippen LogP contribution is -2.37. The van der Waals surface area contributed by atoms with Crippen molar-refractivity contribution in [2.75, 3.05) is 47.5 Å². The summed E-state index contributed by atoms with van der Waals surface area (Å²) in [7, 11) is 1.42. The van der Waals surface area contributed by atoms with Gasteiger partial charge in [-0.1, -0.05) is 242 Å². The summed E-state index contributed by atoms with van der Waals surface area (Å²) < 4.78 is 34.5. The highest BCUT2D eigenvalue weighted by atomic mass is 31.2. The van der Waals surface area contributed by atoms with E-state index in [-0.39, 0.29) is 32.0 Å². The van der Waals surface area contributed by atoms with Gasteiger partial charge in [0.2, 0.25) is 0 Å². The number of allylic oxidation sites excluding steroid dienone is 26. The first-order valence-corrected chi connectivity index (χ1v) is 33.2. The lowest BCUT2D eigenvalue weighted by atomic mass is 10.1. The predicted molar refractivity (Wildman–Crippen MR) is 348 cm³/mol. The van der Waals surface area contributed by atoms with Crippen molar-refractivity contribution in [1.82, 2.24) is 0 Å². The molecule has 0 bridgehead atoms. The van der Waals surface area contributed by atoms with Crippen molar-refractivity contribution < 1.29 is 42.1 Å². The van der Waals surface area contributed by atoms with E-state index in [1.807, 2.05) is 21.1 Å². The first-order chi connectivity index (χ1) is 39.5. The number of nitrogens with zero attached hydrogens (tertiary/aromatic N) is 1. The minimum absolute atomic E-state index is 0.0142. The standard InChI is InChI=1S/C71H116NO8P/c1-6-8-10-12-14-16-18-20-22-24-26-27-28-29-30-31-32-33-34-35-36-37-38-39-40-41-42-43-44-45-46-48-50-52-54-56-58-60-62-64-71(74)80-69(68-79-81(75,76)78-66-65-72(3,4)5)67-77-70(73)63-61-59-57-55-53-51-49-47-25-23-21-19-17-15-13-11-9-7-2/h8,10,14,16,20,22-23,25-27,29-30,32-33,35-36,38-39,41-42,44-45,48,50,54,56,69H,6-7,9,11-13,15,17-19,21,24,28,31,34,37,40,43,46-47,49,51-53,55,57-68H2,1-5H3/p+1/b10-8-,16-14-,22-20-,25-23-,27-26-,30-29-,33-32-,36-35-,39-38-,42-41-,45-44-,50-48-,56-54-. The Labute approximate surface area is 496 Å². The minimum atomic E-state index is -4.41. The summed E-state index contributed by atoms with van der Waals surface area (Å²) in [5.74, 6) is -0.864. The second-order valence-corrected chi connectivity index (χ2v) is 23.2. The van der Waals surface area contributed by atoms with Crippen LogP contribution in [0.4, 0.5) is 0 Å². The average molecular weight is 1140 g/mol. The number of rotatable bonds is 56. The Morgan fingerprint density at radius 3 is 1.09 bits per heavy atom. The average Bonchev–Trinajstić information content (AvgIpc) is 3.43. The Bertz CT molecular complexity index is 1920. The molecule has 0 saturated carbocycles. The van der Waals surface area contributed by atoms with Crippen LogP contribution in [0.1, 0.15) is 226 Å². The van der Waals surface area contributed by atoms with Crippen LogP contribution in [0, 0.1) is 0 Å². The maximum atomic E-state index is 12.8. The van der Waals surface area contributed by atoms with E-state index < -0.39 is 26.5 Å². The molecule has 0 aromatic carbocycles. The summed E-state index contributed by atoms with van der Waals surface area (Å²) in [5, 5.41) is 0. The van der Waals surface area contributed by atoms with Crippen molar-refractivity contribution >= 4 is 19.8 Å². The molecule has 458 valence electrons. The number of hydrogen-bond donors (Lipinski definition) is 1. The van der Waals surface area contributed by atoms with Crippen molar-refractivity contribution in [2.24, 2.45) is 0 Å². The van der Waals surface area contributed by atoms with Gasteiger partial charge in [-0.3, -0.25) is 18.6 Å². The van der Waals surface area contributed by atoms with Crippen molar-refractivity contribution in [3.63, 3.8) is 0 Å². The zero-order chi connectivity index (χ0) is 59.1. The third-order valence-corrected chi connectivity index (χ3v) is 13.8. The Morgan fingerprint density at radius 1 is 0.395 bits per heavy atom. The molecule has 0 saturated heterocycles. The second kappa shape index (κ2) is 60.2. The molecule has 0 radical (unpaired) electrons. The molecule has 2 unspecified atom stereocenters. The molecule has 1 N–H and O–H groups in total. The monoisotopic (exact) mass is 1140 g/mol. The smallest absolute Gasteiger partial charge is 0.462 e. The number of likely N-dealkylation sites (N-methyl/N-ethyl adjacent to an activating group) is 1. The SMILES string of the molecule is CC/C=C\C/C=C\C/C=C\C/C=C\C/C=C\C/C=C\C/C=C\C/C=C\C/C=C\C/C=C\C/C=C\C/C=C\CCCCC(=O)OC(COC(=O)CCCCCCCCC/C=C\CCCCCCCCC)COP(=O)(O)OCC[N+](C)(C)C. The van der Waals surface area contributed by atoms with Crippen LogP contribution >= 0.6 is 7.82 Å². The van der Waals surface area contributed by atoms with E-state index in [0.29, 0.717) is 17.4 Å². The van der Waals surface area contributed by atoms with Crippen LogP contribution in [-0.2, 0) is 32.7 Å². The molecule has 0 aliphatic carbocycles. The third kappa shape index (κ3) is 64.7. The topological polar surface area (TPSA) is 108 Å². The van der Waals surface area contributed by atoms with E-state index in [1.165, 1.54) is 70.6 Å². The van der Waals surface area contributed by atoms with Gasteiger partial charge in [0.25, 0.3) is 0 Å². The van der Waals surface area contributed by atoms with E-state index in [1.54, 1.807) is 0 Å². The molecule has 0 aliphatic heterocycles. The highest BCUT2D eigenvalue weighted by molar-refractivity contribution is 7.47. The Hall–Kier alpha value is -4.37. The molecule has 0 aliphatic rings. The number of phosphoric acid groups is 1. The zero-order valence-corrected chi connectivity index (χ0v) is 52.8. The quantitative estimate of drug-likeness (QED) is 0.0211. The number of unbranched alkanes of at least 4 members (excludes halogenated alkanes) is 16. The summed E-state index contributed by atoms with van der Waals surface area (Å²) in [5.41, 5.74) is 0. The molecule has 0 amide bonds. The summed E-state index contributed by atoms with van der Waals surface area (Å²) in [6.45, 7) is 4.24. The molecule has 0 spiro atoms. The molecular weight excluding hydrogens is 1030 g/mol. The van der Waals surface area contributed by atoms with Crippen LogP contribution in [0.2, 0.25) is 0 Å². The number of carbonyl (C=O) groups is 2. The van der Waals surface area contributed by atoms with Gasteiger partial charge < -0.3 is 18.9 Å². The molecule has 2 atom stereocenters. The summed E-state index contributed by atoms with van der Waals surface area (Å²) in [4.78, 5) is 35.7. The van der Waals surface area contributed by atoms with Crippen molar-refractivity contribution in [3.8, 4) is 0 Å². The minimum Gasteiger partial charge on any atom is -0.462 e. The van der Waals surface area contributed by atoms with E-state index >= 15 is 0 Å². The Kier molecular flexibility index (Phi) is 57.0. The number of hydrogen-bond acceptors (Lipinski definition) is 7. The molecule has 10 heteroatoms. The van der Waals surface area contributed by atoms with Crippen LogP contribution in [0.15, 0.2) is 158 Å². The predicted octanol–water partition coefficient (Wildman–Crippen LogP) is 20.4. The van der Waals surface area contributed by atoms with Crippen molar-refractivity contribution in [3.05, 3.63) is 158 Å². The Balaban J connectivity index is 4.25. The maximum absolute atomic E-state index is 12.8. The molecule has 81 heavy (non-hydrogen) atoms. The normalized spacial score (nSPS) is 14.3. The molecule has 0 aromatic heterocycles. The van der Waals surface area contributed by atoms with Gasteiger partial charge in [0.15, 0.2) is 6.10 Å². The molecule has 0 heterocycles. The van der Waals surface area contributed by atoms with E-state index in [4.69, 9.17) is 18.5 Å². The fourth-order valence-corrected chi connectivity index (χ4v) is 8.67. The molecule has 0 aromatic rings. The number of phosphoric ester groups is 1. The van der Waals surface area contributed by atoms with Crippen LogP contribution in [0.3, 0.4) is 0 Å². The van der Waals surface area contributed by atoms with Gasteiger partial charge in [-0.05, 0) is 128 Å². The second-order valence-electron chi connectivity index (χ2n) is 21.7. The number of ether oxygens (including phenoxy) is 2. The first kappa shape index (κ1) is 76.6. The molecule has 0 rings (SSSR count). The van der Waals surface area contributed by atoms with Crippen LogP contribution in [-0.4, -0.2) is 74.9 Å². The lowest BCUT2D eigenvalue weighted by Gasteiger charge is -2.24. The van der Waals surface area contributed by atoms with Crippen molar-refractivity contribution in [2.45, 2.75) is 232 Å². The zero-order valence-electron chi connectivity index (χ0n) is 52.0. The highest BCUT2D eigenvalue weighted by Gasteiger charge is 2.27. The van der Waals surface area contributed by atoms with Gasteiger partial charge in [0.1, 0.15) is 19.8 Å². The fourth-order valence-electron chi connectivity index (χ4n) is 7.93. The van der Waals surface area contributed by atoms with E-state index in [0.717, 1.165) is 122 Å². The highest BCUT2D eigenvalue weighted by Crippen LogP contribution is 2.43. The van der Waals surface area contributed by atoms with Gasteiger partial charge in [-0.2, -0.15) is 0 Å². The van der Waals surface area contributed by atoms with Crippen LogP contribution in [0.5, 0.6) is 0 Å². The number of quaternary nitrogens is 1. The maximum Gasteiger partial charge on any atom is 0.472 e. The molecule has 0 fully saturated rings. The molecule has 9 nitrogen and oxygen atoms in total. The number of esters is 2. The van der Waals surface area contributed by atoms with Crippen LogP contribution in [0.25, 0.3) is 0 Å². The molecular formula is C71H117NO8P+. The third-order valence-electron chi connectivity index (χ3n) is 12.8. The largest absolute Gasteiger partial charge is 0.472 e. The van der Waals surface area contributed by atoms with Crippen molar-refractivity contribution in [1.29, 1.82) is 0 Å².